The van der Waals surface area contributed by atoms with E-state index in [0.717, 1.165) is 45.1 Å². The van der Waals surface area contributed by atoms with E-state index in [2.05, 4.69) is 6.92 Å². The van der Waals surface area contributed by atoms with Crippen LogP contribution in [0.2, 0.25) is 0 Å². The highest BCUT2D eigenvalue weighted by atomic mass is 19.2. The molecule has 1 amide bonds. The van der Waals surface area contributed by atoms with Gasteiger partial charge in [0.2, 0.25) is 5.91 Å². The molecule has 4 rings (SSSR count). The minimum Gasteiger partial charge on any atom is -0.381 e. The van der Waals surface area contributed by atoms with Gasteiger partial charge in [0.25, 0.3) is 0 Å². The van der Waals surface area contributed by atoms with Crippen LogP contribution in [0.1, 0.15) is 44.1 Å². The van der Waals surface area contributed by atoms with E-state index in [4.69, 9.17) is 4.74 Å². The monoisotopic (exact) mass is 335 g/mol. The summed E-state index contributed by atoms with van der Waals surface area (Å²) in [5.74, 6) is -1.89. The fraction of sp³-hybridized carbons (Fsp3) is 0.632. The Morgan fingerprint density at radius 2 is 2.00 bits per heavy atom. The van der Waals surface area contributed by atoms with Crippen molar-refractivity contribution in [1.29, 1.82) is 0 Å². The lowest BCUT2D eigenvalue weighted by Gasteiger charge is -2.39. The summed E-state index contributed by atoms with van der Waals surface area (Å²) >= 11 is 0. The standard InChI is InChI=1S/C19H23F2NO2/c1-12-19(6-9-24-10-7-19)5-8-22(12)18(23)15-11-14(15)13-3-2-4-16(20)17(13)21/h2-4,12,14-15H,5-11H2,1H3. The van der Waals surface area contributed by atoms with Gasteiger partial charge in [-0.2, -0.15) is 0 Å². The highest BCUT2D eigenvalue weighted by Gasteiger charge is 2.53. The molecule has 130 valence electrons. The van der Waals surface area contributed by atoms with E-state index in [1.807, 2.05) is 4.90 Å². The minimum absolute atomic E-state index is 0.111. The van der Waals surface area contributed by atoms with Crippen molar-refractivity contribution >= 4 is 5.91 Å². The van der Waals surface area contributed by atoms with E-state index in [1.54, 1.807) is 6.07 Å². The van der Waals surface area contributed by atoms with E-state index in [1.165, 1.54) is 6.07 Å². The number of carbonyl (C=O) groups excluding carboxylic acids is 1. The predicted molar refractivity (Wildman–Crippen MR) is 85.5 cm³/mol. The number of likely N-dealkylation sites (tertiary alicyclic amines) is 1. The van der Waals surface area contributed by atoms with Gasteiger partial charge >= 0.3 is 0 Å². The topological polar surface area (TPSA) is 29.5 Å². The molecule has 2 heterocycles. The Morgan fingerprint density at radius 3 is 2.75 bits per heavy atom. The summed E-state index contributed by atoms with van der Waals surface area (Å²) in [5, 5.41) is 0. The highest BCUT2D eigenvalue weighted by Crippen LogP contribution is 2.52. The van der Waals surface area contributed by atoms with Crippen molar-refractivity contribution in [3.63, 3.8) is 0 Å². The zero-order chi connectivity index (χ0) is 16.9. The quantitative estimate of drug-likeness (QED) is 0.828. The zero-order valence-corrected chi connectivity index (χ0v) is 13.9. The van der Waals surface area contributed by atoms with Gasteiger partial charge in [-0.1, -0.05) is 12.1 Å². The molecule has 1 spiro atoms. The molecule has 0 aromatic heterocycles. The first-order valence-corrected chi connectivity index (χ1v) is 8.86. The second-order valence-corrected chi connectivity index (χ2v) is 7.52. The molecule has 3 nitrogen and oxygen atoms in total. The first-order valence-electron chi connectivity index (χ1n) is 8.86. The number of hydrogen-bond donors (Lipinski definition) is 0. The average molecular weight is 335 g/mol. The Balaban J connectivity index is 1.47. The van der Waals surface area contributed by atoms with Crippen molar-refractivity contribution < 1.29 is 18.3 Å². The van der Waals surface area contributed by atoms with E-state index >= 15 is 0 Å². The van der Waals surface area contributed by atoms with Crippen LogP contribution in [0.4, 0.5) is 8.78 Å². The molecule has 0 bridgehead atoms. The van der Waals surface area contributed by atoms with Crippen molar-refractivity contribution in [2.24, 2.45) is 11.3 Å². The Labute approximate surface area is 141 Å². The largest absolute Gasteiger partial charge is 0.381 e. The molecular weight excluding hydrogens is 312 g/mol. The maximum absolute atomic E-state index is 14.0. The van der Waals surface area contributed by atoms with Crippen LogP contribution in [0, 0.1) is 23.0 Å². The van der Waals surface area contributed by atoms with Gasteiger partial charge in [-0.3, -0.25) is 4.79 Å². The molecule has 3 atom stereocenters. The number of hydrogen-bond acceptors (Lipinski definition) is 2. The fourth-order valence-corrected chi connectivity index (χ4v) is 4.65. The number of ether oxygens (including phenoxy) is 1. The van der Waals surface area contributed by atoms with Crippen molar-refractivity contribution in [3.05, 3.63) is 35.4 Å². The molecule has 1 aromatic carbocycles. The predicted octanol–water partition coefficient (Wildman–Crippen LogP) is 3.49. The molecule has 1 saturated carbocycles. The number of benzene rings is 1. The summed E-state index contributed by atoms with van der Waals surface area (Å²) in [7, 11) is 0. The van der Waals surface area contributed by atoms with Crippen LogP contribution in [0.5, 0.6) is 0 Å². The van der Waals surface area contributed by atoms with E-state index in [-0.39, 0.29) is 29.2 Å². The summed E-state index contributed by atoms with van der Waals surface area (Å²) in [6, 6.07) is 4.44. The molecule has 1 aromatic rings. The van der Waals surface area contributed by atoms with Gasteiger partial charge in [-0.05, 0) is 55.6 Å². The van der Waals surface area contributed by atoms with E-state index < -0.39 is 11.6 Å². The third-order valence-electron chi connectivity index (χ3n) is 6.46. The molecular formula is C19H23F2NO2. The van der Waals surface area contributed by atoms with Gasteiger partial charge in [-0.15, -0.1) is 0 Å². The van der Waals surface area contributed by atoms with Crippen molar-refractivity contribution in [2.45, 2.75) is 44.6 Å². The van der Waals surface area contributed by atoms with Crippen molar-refractivity contribution in [1.82, 2.24) is 4.90 Å². The van der Waals surface area contributed by atoms with Gasteiger partial charge in [0.1, 0.15) is 0 Å². The molecule has 0 radical (unpaired) electrons. The second kappa shape index (κ2) is 5.80. The van der Waals surface area contributed by atoms with Crippen LogP contribution in [-0.2, 0) is 9.53 Å². The number of amides is 1. The van der Waals surface area contributed by atoms with Crippen LogP contribution in [0.25, 0.3) is 0 Å². The molecule has 24 heavy (non-hydrogen) atoms. The maximum atomic E-state index is 14.0. The Bertz CT molecular complexity index is 657. The summed E-state index contributed by atoms with van der Waals surface area (Å²) < 4.78 is 32.8. The maximum Gasteiger partial charge on any atom is 0.226 e. The van der Waals surface area contributed by atoms with Crippen LogP contribution in [0.15, 0.2) is 18.2 Å². The van der Waals surface area contributed by atoms with Gasteiger partial charge < -0.3 is 9.64 Å². The third-order valence-corrected chi connectivity index (χ3v) is 6.46. The van der Waals surface area contributed by atoms with Gasteiger partial charge in [-0.25, -0.2) is 8.78 Å². The minimum atomic E-state index is -0.832. The summed E-state index contributed by atoms with van der Waals surface area (Å²) in [6.07, 6.45) is 3.66. The molecule has 5 heteroatoms. The van der Waals surface area contributed by atoms with E-state index in [9.17, 15) is 13.6 Å². The molecule has 1 aliphatic carbocycles. The van der Waals surface area contributed by atoms with Crippen molar-refractivity contribution in [2.75, 3.05) is 19.8 Å². The SMILES string of the molecule is CC1N(C(=O)C2CC2c2cccc(F)c2F)CCC12CCOCC2. The molecule has 3 aliphatic rings. The zero-order valence-electron chi connectivity index (χ0n) is 13.9. The van der Waals surface area contributed by atoms with Crippen molar-refractivity contribution in [3.8, 4) is 0 Å². The first kappa shape index (κ1) is 16.0. The number of rotatable bonds is 2. The molecule has 3 fully saturated rings. The van der Waals surface area contributed by atoms with Crippen LogP contribution in [0.3, 0.4) is 0 Å². The normalized spacial score (nSPS) is 31.5. The summed E-state index contributed by atoms with van der Waals surface area (Å²) in [6.45, 7) is 4.45. The Hall–Kier alpha value is -1.49. The van der Waals surface area contributed by atoms with Crippen LogP contribution >= 0.6 is 0 Å². The number of halogens is 2. The van der Waals surface area contributed by atoms with Gasteiger partial charge in [0, 0.05) is 31.7 Å². The van der Waals surface area contributed by atoms with Crippen LogP contribution < -0.4 is 0 Å². The molecule has 0 N–H and O–H groups in total. The van der Waals surface area contributed by atoms with E-state index in [0.29, 0.717) is 12.0 Å². The summed E-state index contributed by atoms with van der Waals surface area (Å²) in [4.78, 5) is 14.9. The third kappa shape index (κ3) is 2.44. The Kier molecular flexibility index (Phi) is 3.87. The average Bonchev–Trinajstić information content (AvgIpc) is 3.32. The first-order chi connectivity index (χ1) is 11.5. The Morgan fingerprint density at radius 1 is 1.25 bits per heavy atom. The fourth-order valence-electron chi connectivity index (χ4n) is 4.65. The highest BCUT2D eigenvalue weighted by molar-refractivity contribution is 5.83. The van der Waals surface area contributed by atoms with Gasteiger partial charge in [0.05, 0.1) is 0 Å². The second-order valence-electron chi connectivity index (χ2n) is 7.52. The summed E-state index contributed by atoms with van der Waals surface area (Å²) in [5.41, 5.74) is 0.531. The van der Waals surface area contributed by atoms with Gasteiger partial charge in [0.15, 0.2) is 11.6 Å². The lowest BCUT2D eigenvalue weighted by Crippen LogP contribution is -2.44. The molecule has 3 unspecified atom stereocenters. The van der Waals surface area contributed by atoms with Crippen LogP contribution in [-0.4, -0.2) is 36.6 Å². The number of carbonyl (C=O) groups is 1. The lowest BCUT2D eigenvalue weighted by atomic mass is 9.74. The lowest BCUT2D eigenvalue weighted by molar-refractivity contribution is -0.134. The molecule has 2 saturated heterocycles. The molecule has 2 aliphatic heterocycles. The number of nitrogens with zero attached hydrogens (tertiary/aromatic N) is 1. The smallest absolute Gasteiger partial charge is 0.226 e.